The van der Waals surface area contributed by atoms with Gasteiger partial charge in [-0.1, -0.05) is 23.8 Å². The fraction of sp³-hybridized carbons (Fsp3) is 0.667. The van der Waals surface area contributed by atoms with Gasteiger partial charge in [0.25, 0.3) is 0 Å². The van der Waals surface area contributed by atoms with E-state index in [2.05, 4.69) is 5.53 Å². The SMILES string of the molecule is CCOC(=O)C(CCN1N[NH+](CCC(C(=O)OCC)C(=O)OCC)C2C=CC=CC21)C(=O)OCC. The number of carbonyl (C=O) groups excluding carboxylic acids is 4. The average molecular weight is 497 g/mol. The van der Waals surface area contributed by atoms with Crippen LogP contribution in [0, 0.1) is 11.8 Å². The van der Waals surface area contributed by atoms with Crippen molar-refractivity contribution in [1.29, 1.82) is 0 Å². The minimum atomic E-state index is -1.01. The molecule has 11 nitrogen and oxygen atoms in total. The van der Waals surface area contributed by atoms with E-state index in [1.165, 1.54) is 0 Å². The van der Waals surface area contributed by atoms with E-state index < -0.39 is 35.7 Å². The summed E-state index contributed by atoms with van der Waals surface area (Å²) in [6, 6.07) is -0.0302. The van der Waals surface area contributed by atoms with E-state index in [0.29, 0.717) is 13.1 Å². The highest BCUT2D eigenvalue weighted by atomic mass is 16.6. The Kier molecular flexibility index (Phi) is 11.9. The predicted octanol–water partition coefficient (Wildman–Crippen LogP) is -0.265. The first kappa shape index (κ1) is 28.5. The van der Waals surface area contributed by atoms with Crippen LogP contribution in [0.4, 0.5) is 0 Å². The zero-order valence-corrected chi connectivity index (χ0v) is 21.0. The molecule has 0 spiro atoms. The smallest absolute Gasteiger partial charge is 0.320 e. The predicted molar refractivity (Wildman–Crippen MR) is 124 cm³/mol. The first-order valence-corrected chi connectivity index (χ1v) is 12.3. The summed E-state index contributed by atoms with van der Waals surface area (Å²) >= 11 is 0. The molecule has 2 aliphatic rings. The Morgan fingerprint density at radius 3 is 1.71 bits per heavy atom. The van der Waals surface area contributed by atoms with Crippen LogP contribution < -0.4 is 10.5 Å². The number of carbonyl (C=O) groups is 4. The molecule has 1 saturated heterocycles. The maximum absolute atomic E-state index is 12.3. The molecule has 0 aromatic rings. The molecule has 11 heteroatoms. The lowest BCUT2D eigenvalue weighted by Gasteiger charge is -2.21. The zero-order valence-electron chi connectivity index (χ0n) is 21.0. The van der Waals surface area contributed by atoms with Crippen molar-refractivity contribution >= 4 is 23.9 Å². The van der Waals surface area contributed by atoms with Gasteiger partial charge in [0.2, 0.25) is 0 Å². The van der Waals surface area contributed by atoms with E-state index in [0.717, 1.165) is 5.01 Å². The lowest BCUT2D eigenvalue weighted by molar-refractivity contribution is -0.957. The fourth-order valence-corrected chi connectivity index (χ4v) is 4.18. The number of hydrogen-bond donors (Lipinski definition) is 2. The number of hydrazine groups is 1. The van der Waals surface area contributed by atoms with Gasteiger partial charge < -0.3 is 18.9 Å². The second-order valence-electron chi connectivity index (χ2n) is 8.06. The highest BCUT2D eigenvalue weighted by Gasteiger charge is 2.44. The molecular weight excluding hydrogens is 458 g/mol. The van der Waals surface area contributed by atoms with E-state index in [1.54, 1.807) is 27.7 Å². The summed E-state index contributed by atoms with van der Waals surface area (Å²) in [7, 11) is 0. The van der Waals surface area contributed by atoms with E-state index in [4.69, 9.17) is 18.9 Å². The van der Waals surface area contributed by atoms with Crippen LogP contribution in [0.25, 0.3) is 0 Å². The summed E-state index contributed by atoms with van der Waals surface area (Å²) in [5, 5.41) is 2.88. The standard InChI is InChI=1S/C24H37N3O8/c1-5-32-21(28)17(22(29)33-6-2)13-15-26-19-11-9-10-12-20(19)27(25-26)16-14-18(23(30)34-7-3)24(31)35-8-4/h9-12,17-20,25H,5-8,13-16H2,1-4H3/p+1. The number of hydrogen-bond acceptors (Lipinski definition) is 10. The monoisotopic (exact) mass is 496 g/mol. The Bertz CT molecular complexity index is 700. The molecular formula is C24H38N3O8+. The molecule has 0 saturated carbocycles. The van der Waals surface area contributed by atoms with Gasteiger partial charge in [0.05, 0.1) is 33.0 Å². The Morgan fingerprint density at radius 2 is 1.23 bits per heavy atom. The van der Waals surface area contributed by atoms with Crippen molar-refractivity contribution in [3.63, 3.8) is 0 Å². The molecule has 1 fully saturated rings. The summed E-state index contributed by atoms with van der Waals surface area (Å²) in [6.45, 7) is 8.28. The number of fused-ring (bicyclic) bond motifs is 1. The van der Waals surface area contributed by atoms with Crippen LogP contribution in [-0.2, 0) is 38.1 Å². The topological polar surface area (TPSA) is 125 Å². The Labute approximate surface area is 206 Å². The van der Waals surface area contributed by atoms with Crippen molar-refractivity contribution in [3.05, 3.63) is 24.3 Å². The van der Waals surface area contributed by atoms with Gasteiger partial charge in [0.1, 0.15) is 12.1 Å². The normalized spacial score (nSPS) is 21.1. The number of nitrogens with one attached hydrogen (secondary N) is 2. The maximum Gasteiger partial charge on any atom is 0.320 e. The molecule has 2 rings (SSSR count). The molecule has 0 aromatic carbocycles. The van der Waals surface area contributed by atoms with Crippen molar-refractivity contribution in [2.75, 3.05) is 39.5 Å². The molecule has 1 aliphatic heterocycles. The minimum absolute atomic E-state index is 0.00803. The number of nitrogens with zero attached hydrogens (tertiary/aromatic N) is 1. The number of rotatable bonds is 14. The van der Waals surface area contributed by atoms with Crippen LogP contribution in [0.15, 0.2) is 24.3 Å². The number of allylic oxidation sites excluding steroid dienone is 2. The third-order valence-corrected chi connectivity index (χ3v) is 5.80. The van der Waals surface area contributed by atoms with Crippen molar-refractivity contribution in [2.45, 2.75) is 52.6 Å². The van der Waals surface area contributed by atoms with Gasteiger partial charge in [0.15, 0.2) is 11.8 Å². The Balaban J connectivity index is 2.07. The van der Waals surface area contributed by atoms with E-state index in [9.17, 15) is 19.2 Å². The van der Waals surface area contributed by atoms with Crippen LogP contribution >= 0.6 is 0 Å². The highest BCUT2D eigenvalue weighted by Crippen LogP contribution is 2.17. The lowest BCUT2D eigenvalue weighted by Crippen LogP contribution is -3.20. The first-order chi connectivity index (χ1) is 16.9. The third kappa shape index (κ3) is 7.87. The summed E-state index contributed by atoms with van der Waals surface area (Å²) in [4.78, 5) is 49.4. The molecule has 196 valence electrons. The van der Waals surface area contributed by atoms with Gasteiger partial charge in [-0.15, -0.1) is 0 Å². The van der Waals surface area contributed by atoms with Gasteiger partial charge >= 0.3 is 23.9 Å². The van der Waals surface area contributed by atoms with Crippen LogP contribution in [0.2, 0.25) is 0 Å². The summed E-state index contributed by atoms with van der Waals surface area (Å²) in [6.07, 6.45) is 8.41. The molecule has 0 radical (unpaired) electrons. The molecule has 1 heterocycles. The van der Waals surface area contributed by atoms with Crippen molar-refractivity contribution < 1.29 is 43.1 Å². The van der Waals surface area contributed by atoms with Crippen LogP contribution in [0.3, 0.4) is 0 Å². The largest absolute Gasteiger partial charge is 0.465 e. The van der Waals surface area contributed by atoms with Gasteiger partial charge in [-0.05, 0) is 40.2 Å². The molecule has 2 N–H and O–H groups in total. The van der Waals surface area contributed by atoms with Gasteiger partial charge in [0, 0.05) is 13.0 Å². The van der Waals surface area contributed by atoms with E-state index in [1.807, 2.05) is 29.3 Å². The Morgan fingerprint density at radius 1 is 0.771 bits per heavy atom. The van der Waals surface area contributed by atoms with Crippen molar-refractivity contribution in [1.82, 2.24) is 10.5 Å². The minimum Gasteiger partial charge on any atom is -0.465 e. The first-order valence-electron chi connectivity index (χ1n) is 12.3. The second-order valence-corrected chi connectivity index (χ2v) is 8.06. The third-order valence-electron chi connectivity index (χ3n) is 5.80. The molecule has 35 heavy (non-hydrogen) atoms. The van der Waals surface area contributed by atoms with Crippen molar-refractivity contribution in [2.24, 2.45) is 11.8 Å². The molecule has 0 bridgehead atoms. The average Bonchev–Trinajstić information content (AvgIpc) is 3.18. The zero-order chi connectivity index (χ0) is 25.8. The van der Waals surface area contributed by atoms with E-state index >= 15 is 0 Å². The van der Waals surface area contributed by atoms with Crippen LogP contribution in [0.5, 0.6) is 0 Å². The quantitative estimate of drug-likeness (QED) is 0.189. The summed E-state index contributed by atoms with van der Waals surface area (Å²) in [5.41, 5.74) is 3.37. The molecule has 3 atom stereocenters. The van der Waals surface area contributed by atoms with Crippen LogP contribution in [-0.4, -0.2) is 80.5 Å². The molecule has 0 amide bonds. The fourth-order valence-electron chi connectivity index (χ4n) is 4.18. The van der Waals surface area contributed by atoms with Crippen molar-refractivity contribution in [3.8, 4) is 0 Å². The molecule has 3 unspecified atom stereocenters. The summed E-state index contributed by atoms with van der Waals surface area (Å²) in [5.74, 6) is -4.41. The molecule has 1 aliphatic carbocycles. The second kappa shape index (κ2) is 14.6. The number of ether oxygens (including phenoxy) is 4. The number of quaternary nitrogens is 1. The van der Waals surface area contributed by atoms with Gasteiger partial charge in [-0.25, -0.2) is 5.01 Å². The lowest BCUT2D eigenvalue weighted by atomic mass is 10.00. The van der Waals surface area contributed by atoms with Gasteiger partial charge in [-0.3, -0.25) is 19.2 Å². The number of esters is 4. The maximum atomic E-state index is 12.3. The molecule has 0 aromatic heterocycles. The van der Waals surface area contributed by atoms with Crippen LogP contribution in [0.1, 0.15) is 40.5 Å². The van der Waals surface area contributed by atoms with E-state index in [-0.39, 0.29) is 51.4 Å². The van der Waals surface area contributed by atoms with Gasteiger partial charge in [-0.2, -0.15) is 5.01 Å². The Hall–Kier alpha value is -2.76. The summed E-state index contributed by atoms with van der Waals surface area (Å²) < 4.78 is 20.3. The highest BCUT2D eigenvalue weighted by molar-refractivity contribution is 5.95.